The molecule has 3 aromatic rings. The molecule has 26 heavy (non-hydrogen) atoms. The van der Waals surface area contributed by atoms with Gasteiger partial charge in [0.25, 0.3) is 0 Å². The van der Waals surface area contributed by atoms with Gasteiger partial charge in [-0.3, -0.25) is 4.79 Å². The number of Topliss-reactive ketones (excluding diaryl/α,β-unsaturated/α-hetero) is 1. The molecule has 0 N–H and O–H groups in total. The number of ether oxygens (including phenoxy) is 1. The van der Waals surface area contributed by atoms with Crippen molar-refractivity contribution in [2.75, 3.05) is 6.61 Å². The van der Waals surface area contributed by atoms with Gasteiger partial charge in [0.2, 0.25) is 5.78 Å². The molecule has 128 valence electrons. The molecule has 6 heteroatoms. The maximum Gasteiger partial charge on any atom is 0.202 e. The van der Waals surface area contributed by atoms with Crippen LogP contribution in [0.15, 0.2) is 48.7 Å². The minimum absolute atomic E-state index is 0.169. The number of para-hydroxylation sites is 1. The molecule has 5 nitrogen and oxygen atoms in total. The Hall–Kier alpha value is -3.28. The summed E-state index contributed by atoms with van der Waals surface area (Å²) in [6.07, 6.45) is 2.12. The number of aryl methyl sites for hydroxylation is 1. The summed E-state index contributed by atoms with van der Waals surface area (Å²) in [5.74, 6) is 0.171. The molecule has 0 radical (unpaired) electrons. The molecule has 1 aromatic heterocycles. The van der Waals surface area contributed by atoms with E-state index < -0.39 is 0 Å². The topological polar surface area (TPSA) is 78.8 Å². The molecule has 0 aliphatic heterocycles. The van der Waals surface area contributed by atoms with Gasteiger partial charge in [0.1, 0.15) is 5.75 Å². The minimum atomic E-state index is -0.183. The third-order valence-electron chi connectivity index (χ3n) is 3.97. The van der Waals surface area contributed by atoms with Crippen LogP contribution in [0.3, 0.4) is 0 Å². The van der Waals surface area contributed by atoms with Gasteiger partial charge >= 0.3 is 0 Å². The Morgan fingerprint density at radius 1 is 1.19 bits per heavy atom. The molecule has 0 amide bonds. The molecule has 0 fully saturated rings. The lowest BCUT2D eigenvalue weighted by molar-refractivity contribution is 0.0923. The van der Waals surface area contributed by atoms with Crippen molar-refractivity contribution in [3.8, 4) is 17.9 Å². The van der Waals surface area contributed by atoms with E-state index in [1.54, 1.807) is 18.3 Å². The first-order chi connectivity index (χ1) is 12.6. The monoisotopic (exact) mass is 363 g/mol. The zero-order chi connectivity index (χ0) is 18.5. The van der Waals surface area contributed by atoms with E-state index in [-0.39, 0.29) is 17.4 Å². The number of carbonyl (C=O) groups excluding carboxylic acids is 1. The number of nitrogens with zero attached hydrogens (tertiary/aromatic N) is 3. The molecule has 0 bridgehead atoms. The summed E-state index contributed by atoms with van der Waals surface area (Å²) in [7, 11) is 0. The van der Waals surface area contributed by atoms with Crippen LogP contribution < -0.4 is 4.74 Å². The summed E-state index contributed by atoms with van der Waals surface area (Å²) < 4.78 is 7.44. The van der Waals surface area contributed by atoms with Gasteiger partial charge in [-0.15, -0.1) is 0 Å². The predicted octanol–water partition coefficient (Wildman–Crippen LogP) is 4.34. The number of halogens is 1. The lowest BCUT2D eigenvalue weighted by atomic mass is 10.1. The molecule has 0 spiro atoms. The second kappa shape index (κ2) is 7.74. The van der Waals surface area contributed by atoms with Crippen molar-refractivity contribution in [2.24, 2.45) is 0 Å². The lowest BCUT2D eigenvalue weighted by Gasteiger charge is -2.07. The molecule has 3 rings (SSSR count). The number of fused-ring (bicyclic) bond motifs is 1. The van der Waals surface area contributed by atoms with Crippen LogP contribution in [0.4, 0.5) is 0 Å². The first-order valence-corrected chi connectivity index (χ1v) is 8.32. The highest BCUT2D eigenvalue weighted by atomic mass is 35.5. The summed E-state index contributed by atoms with van der Waals surface area (Å²) in [6.45, 7) is 0.352. The molecule has 0 atom stereocenters. The van der Waals surface area contributed by atoms with Crippen molar-refractivity contribution in [3.05, 3.63) is 64.8 Å². The van der Waals surface area contributed by atoms with E-state index in [0.717, 1.165) is 10.9 Å². The van der Waals surface area contributed by atoms with Gasteiger partial charge in [-0.2, -0.15) is 10.5 Å². The van der Waals surface area contributed by atoms with Crippen molar-refractivity contribution in [1.82, 2.24) is 4.57 Å². The highest BCUT2D eigenvalue weighted by Gasteiger charge is 2.16. The van der Waals surface area contributed by atoms with Gasteiger partial charge in [-0.1, -0.05) is 29.8 Å². The van der Waals surface area contributed by atoms with E-state index in [2.05, 4.69) is 6.07 Å². The van der Waals surface area contributed by atoms with Crippen LogP contribution in [-0.2, 0) is 6.54 Å². The first kappa shape index (κ1) is 17.5. The smallest absolute Gasteiger partial charge is 0.202 e. The lowest BCUT2D eigenvalue weighted by Crippen LogP contribution is -2.11. The standard InChI is InChI=1S/C20H14ClN3O2/c21-17-10-14(11-23)6-7-20(17)26-13-19(25)16-12-24(9-3-8-22)18-5-2-1-4-15(16)18/h1-2,4-7,10,12H,3,9,13H2. The SMILES string of the molecule is N#CCCn1cc(C(=O)COc2ccc(C#N)cc2Cl)c2ccccc21. The van der Waals surface area contributed by atoms with E-state index in [9.17, 15) is 4.79 Å². The van der Waals surface area contributed by atoms with E-state index in [1.807, 2.05) is 34.9 Å². The number of benzene rings is 2. The second-order valence-corrected chi connectivity index (χ2v) is 6.04. The number of nitriles is 2. The second-order valence-electron chi connectivity index (χ2n) is 5.63. The van der Waals surface area contributed by atoms with Crippen molar-refractivity contribution in [3.63, 3.8) is 0 Å². The van der Waals surface area contributed by atoms with E-state index in [4.69, 9.17) is 26.9 Å². The number of carbonyl (C=O) groups is 1. The van der Waals surface area contributed by atoms with Crippen LogP contribution in [0, 0.1) is 22.7 Å². The summed E-state index contributed by atoms with van der Waals surface area (Å²) in [6, 6.07) is 16.3. The first-order valence-electron chi connectivity index (χ1n) is 7.94. The van der Waals surface area contributed by atoms with E-state index in [0.29, 0.717) is 29.8 Å². The molecule has 0 aliphatic carbocycles. The van der Waals surface area contributed by atoms with Gasteiger partial charge in [-0.25, -0.2) is 0 Å². The van der Waals surface area contributed by atoms with Crippen molar-refractivity contribution in [2.45, 2.75) is 13.0 Å². The average molecular weight is 364 g/mol. The molecule has 0 saturated heterocycles. The van der Waals surface area contributed by atoms with Crippen LogP contribution in [0.25, 0.3) is 10.9 Å². The Morgan fingerprint density at radius 2 is 2.00 bits per heavy atom. The highest BCUT2D eigenvalue weighted by Crippen LogP contribution is 2.26. The zero-order valence-corrected chi connectivity index (χ0v) is 14.5. The molecule has 0 unspecified atom stereocenters. The van der Waals surface area contributed by atoms with E-state index in [1.165, 1.54) is 6.07 Å². The van der Waals surface area contributed by atoms with Crippen LogP contribution in [0.5, 0.6) is 5.75 Å². The van der Waals surface area contributed by atoms with Crippen molar-refractivity contribution in [1.29, 1.82) is 10.5 Å². The zero-order valence-electron chi connectivity index (χ0n) is 13.8. The maximum absolute atomic E-state index is 12.7. The van der Waals surface area contributed by atoms with Crippen LogP contribution in [0.1, 0.15) is 22.3 Å². The fourth-order valence-corrected chi connectivity index (χ4v) is 2.97. The quantitative estimate of drug-likeness (QED) is 0.610. The molecule has 0 aliphatic rings. The maximum atomic E-state index is 12.7. The Bertz CT molecular complexity index is 1060. The highest BCUT2D eigenvalue weighted by molar-refractivity contribution is 6.32. The van der Waals surface area contributed by atoms with Crippen LogP contribution >= 0.6 is 11.6 Å². The van der Waals surface area contributed by atoms with Crippen molar-refractivity contribution >= 4 is 28.3 Å². The third-order valence-corrected chi connectivity index (χ3v) is 4.27. The fraction of sp³-hybridized carbons (Fsp3) is 0.150. The van der Waals surface area contributed by atoms with Gasteiger partial charge in [0.15, 0.2) is 6.61 Å². The Kier molecular flexibility index (Phi) is 5.22. The van der Waals surface area contributed by atoms with Crippen LogP contribution in [0.2, 0.25) is 5.02 Å². The molecule has 2 aromatic carbocycles. The summed E-state index contributed by atoms with van der Waals surface area (Å²) in [4.78, 5) is 12.7. The largest absolute Gasteiger partial charge is 0.484 e. The van der Waals surface area contributed by atoms with E-state index >= 15 is 0 Å². The predicted molar refractivity (Wildman–Crippen MR) is 98.2 cm³/mol. The van der Waals surface area contributed by atoms with Gasteiger partial charge in [-0.05, 0) is 24.3 Å². The molecular weight excluding hydrogens is 350 g/mol. The van der Waals surface area contributed by atoms with Crippen LogP contribution in [-0.4, -0.2) is 17.0 Å². The summed E-state index contributed by atoms with van der Waals surface area (Å²) in [5, 5.41) is 18.8. The third kappa shape index (κ3) is 3.54. The number of hydrogen-bond acceptors (Lipinski definition) is 4. The normalized spacial score (nSPS) is 10.3. The number of aromatic nitrogens is 1. The minimum Gasteiger partial charge on any atom is -0.484 e. The van der Waals surface area contributed by atoms with Gasteiger partial charge in [0.05, 0.1) is 29.1 Å². The summed E-state index contributed by atoms with van der Waals surface area (Å²) >= 11 is 6.07. The molecular formula is C20H14ClN3O2. The fourth-order valence-electron chi connectivity index (χ4n) is 2.73. The number of ketones is 1. The average Bonchev–Trinajstić information content (AvgIpc) is 3.04. The number of rotatable bonds is 6. The van der Waals surface area contributed by atoms with Gasteiger partial charge in [0, 0.05) is 29.2 Å². The van der Waals surface area contributed by atoms with Gasteiger partial charge < -0.3 is 9.30 Å². The molecule has 0 saturated carbocycles. The Morgan fingerprint density at radius 3 is 2.73 bits per heavy atom. The summed E-state index contributed by atoms with van der Waals surface area (Å²) in [5.41, 5.74) is 1.88. The molecule has 1 heterocycles. The van der Waals surface area contributed by atoms with Crippen molar-refractivity contribution < 1.29 is 9.53 Å². The number of hydrogen-bond donors (Lipinski definition) is 0. The Labute approximate surface area is 155 Å². The Balaban J connectivity index is 1.82.